The molecule has 0 rings (SSSR count). The Bertz CT molecular complexity index is 284. The molecule has 0 aliphatic carbocycles. The largest absolute Gasteiger partial charge is 0.377 e. The first kappa shape index (κ1) is 19.4. The van der Waals surface area contributed by atoms with Crippen molar-refractivity contribution in [2.24, 2.45) is 5.73 Å². The summed E-state index contributed by atoms with van der Waals surface area (Å²) in [6.07, 6.45) is 1.93. The molecule has 3 N–H and O–H groups in total. The molecule has 0 radical (unpaired) electrons. The maximum Gasteiger partial charge on any atom is 0.237 e. The molecular weight excluding hydrogens is 254 g/mol. The van der Waals surface area contributed by atoms with Crippen LogP contribution in [0.25, 0.3) is 0 Å². The number of carbonyl (C=O) groups excluding carboxylic acids is 1. The number of primary amides is 1. The number of hydrogen-bond donors (Lipinski definition) is 2. The number of carbonyl (C=O) groups is 1. The molecule has 0 saturated carbocycles. The minimum Gasteiger partial charge on any atom is -0.377 e. The van der Waals surface area contributed by atoms with Crippen LogP contribution >= 0.6 is 0 Å². The van der Waals surface area contributed by atoms with E-state index in [0.717, 1.165) is 19.5 Å². The van der Waals surface area contributed by atoms with Crippen LogP contribution in [0.3, 0.4) is 0 Å². The molecule has 0 fully saturated rings. The Hall–Kier alpha value is -0.650. The topological polar surface area (TPSA) is 67.6 Å². The van der Waals surface area contributed by atoms with E-state index in [1.807, 2.05) is 20.8 Å². The van der Waals surface area contributed by atoms with Crippen LogP contribution in [0, 0.1) is 0 Å². The van der Waals surface area contributed by atoms with E-state index in [4.69, 9.17) is 10.5 Å². The summed E-state index contributed by atoms with van der Waals surface area (Å²) >= 11 is 0. The minimum absolute atomic E-state index is 0.251. The van der Waals surface area contributed by atoms with Gasteiger partial charge in [0.15, 0.2) is 0 Å². The summed E-state index contributed by atoms with van der Waals surface area (Å²) in [5.74, 6) is -0.287. The summed E-state index contributed by atoms with van der Waals surface area (Å²) in [6, 6.07) is 0.257. The number of likely N-dealkylation sites (N-methyl/N-ethyl adjacent to an activating group) is 1. The molecule has 0 aromatic carbocycles. The Morgan fingerprint density at radius 3 is 2.45 bits per heavy atom. The van der Waals surface area contributed by atoms with Crippen LogP contribution in [0.1, 0.15) is 47.5 Å². The molecule has 0 saturated heterocycles. The molecule has 1 amide bonds. The van der Waals surface area contributed by atoms with Crippen molar-refractivity contribution in [3.8, 4) is 0 Å². The van der Waals surface area contributed by atoms with Crippen molar-refractivity contribution >= 4 is 5.91 Å². The van der Waals surface area contributed by atoms with Crippen molar-refractivity contribution in [1.82, 2.24) is 10.2 Å². The smallest absolute Gasteiger partial charge is 0.237 e. The summed E-state index contributed by atoms with van der Waals surface area (Å²) in [6.45, 7) is 12.5. The van der Waals surface area contributed by atoms with Crippen LogP contribution in [-0.2, 0) is 9.53 Å². The van der Waals surface area contributed by atoms with Crippen molar-refractivity contribution in [2.75, 3.05) is 26.7 Å². The zero-order valence-corrected chi connectivity index (χ0v) is 14.0. The van der Waals surface area contributed by atoms with E-state index in [0.29, 0.717) is 13.0 Å². The highest BCUT2D eigenvalue weighted by molar-refractivity contribution is 5.84. The van der Waals surface area contributed by atoms with Crippen LogP contribution in [0.4, 0.5) is 0 Å². The fraction of sp³-hybridized carbons (Fsp3) is 0.933. The summed E-state index contributed by atoms with van der Waals surface area (Å²) in [4.78, 5) is 13.9. The highest BCUT2D eigenvalue weighted by Crippen LogP contribution is 2.15. The quantitative estimate of drug-likeness (QED) is 0.602. The second-order valence-electron chi connectivity index (χ2n) is 6.08. The predicted octanol–water partition coefficient (Wildman–Crippen LogP) is 1.37. The van der Waals surface area contributed by atoms with Gasteiger partial charge in [0.05, 0.1) is 18.2 Å². The summed E-state index contributed by atoms with van der Waals surface area (Å²) in [5, 5.41) is 3.27. The highest BCUT2D eigenvalue weighted by Gasteiger charge is 2.32. The third-order valence-corrected chi connectivity index (χ3v) is 3.66. The van der Waals surface area contributed by atoms with Crippen molar-refractivity contribution < 1.29 is 9.53 Å². The van der Waals surface area contributed by atoms with Crippen molar-refractivity contribution in [3.05, 3.63) is 0 Å². The number of hydrogen-bond acceptors (Lipinski definition) is 4. The van der Waals surface area contributed by atoms with Gasteiger partial charge in [-0.1, -0.05) is 6.92 Å². The van der Waals surface area contributed by atoms with Gasteiger partial charge in [0.2, 0.25) is 5.91 Å². The maximum absolute atomic E-state index is 11.7. The molecule has 0 heterocycles. The van der Waals surface area contributed by atoms with Crippen molar-refractivity contribution in [2.45, 2.75) is 65.1 Å². The normalized spacial score (nSPS) is 16.4. The fourth-order valence-corrected chi connectivity index (χ4v) is 2.06. The first-order valence-electron chi connectivity index (χ1n) is 7.59. The van der Waals surface area contributed by atoms with Gasteiger partial charge in [0.25, 0.3) is 0 Å². The summed E-state index contributed by atoms with van der Waals surface area (Å²) < 4.78 is 5.56. The van der Waals surface area contributed by atoms with Gasteiger partial charge in [-0.15, -0.1) is 0 Å². The van der Waals surface area contributed by atoms with Crippen LogP contribution in [-0.4, -0.2) is 55.2 Å². The van der Waals surface area contributed by atoms with E-state index in [2.05, 4.69) is 31.1 Å². The number of nitrogens with two attached hydrogens (primary N) is 1. The second-order valence-corrected chi connectivity index (χ2v) is 6.08. The maximum atomic E-state index is 11.7. The molecule has 0 aliphatic rings. The van der Waals surface area contributed by atoms with Gasteiger partial charge in [-0.05, 0) is 54.1 Å². The van der Waals surface area contributed by atoms with Crippen LogP contribution in [0.2, 0.25) is 0 Å². The minimum atomic E-state index is -0.650. The second kappa shape index (κ2) is 9.32. The number of nitrogens with zero attached hydrogens (tertiary/aromatic N) is 1. The molecule has 5 heteroatoms. The van der Waals surface area contributed by atoms with Crippen molar-refractivity contribution in [1.29, 1.82) is 0 Å². The average molecular weight is 287 g/mol. The first-order valence-corrected chi connectivity index (χ1v) is 7.59. The Morgan fingerprint density at radius 2 is 2.00 bits per heavy atom. The van der Waals surface area contributed by atoms with Gasteiger partial charge in [-0.2, -0.15) is 0 Å². The number of nitrogens with one attached hydrogen (secondary N) is 1. The van der Waals surface area contributed by atoms with Crippen LogP contribution < -0.4 is 11.1 Å². The molecule has 0 bridgehead atoms. The Labute approximate surface area is 124 Å². The first-order chi connectivity index (χ1) is 9.23. The summed E-state index contributed by atoms with van der Waals surface area (Å²) in [7, 11) is 2.05. The lowest BCUT2D eigenvalue weighted by Crippen LogP contribution is -2.56. The van der Waals surface area contributed by atoms with Gasteiger partial charge in [0, 0.05) is 12.6 Å². The molecule has 120 valence electrons. The van der Waals surface area contributed by atoms with E-state index in [9.17, 15) is 4.79 Å². The van der Waals surface area contributed by atoms with E-state index in [1.165, 1.54) is 0 Å². The van der Waals surface area contributed by atoms with E-state index in [-0.39, 0.29) is 18.1 Å². The molecule has 0 aromatic heterocycles. The van der Waals surface area contributed by atoms with Gasteiger partial charge in [-0.25, -0.2) is 0 Å². The molecule has 0 aromatic rings. The molecule has 2 atom stereocenters. The lowest BCUT2D eigenvalue weighted by atomic mass is 9.92. The van der Waals surface area contributed by atoms with Gasteiger partial charge in [-0.3, -0.25) is 4.79 Å². The zero-order valence-electron chi connectivity index (χ0n) is 14.0. The average Bonchev–Trinajstić information content (AvgIpc) is 2.35. The number of amides is 1. The number of ether oxygens (including phenoxy) is 1. The third kappa shape index (κ3) is 7.22. The Morgan fingerprint density at radius 1 is 1.40 bits per heavy atom. The van der Waals surface area contributed by atoms with E-state index < -0.39 is 5.54 Å². The van der Waals surface area contributed by atoms with Gasteiger partial charge in [0.1, 0.15) is 0 Å². The standard InChI is InChI=1S/C15H33N3O2/c1-7-8-17-15(5,14(16)19)11-13(4)18(6)9-10-20-12(2)3/h12-13,17H,7-11H2,1-6H3,(H2,16,19). The Kier molecular flexibility index (Phi) is 9.01. The third-order valence-electron chi connectivity index (χ3n) is 3.66. The lowest BCUT2D eigenvalue weighted by Gasteiger charge is -2.34. The van der Waals surface area contributed by atoms with Gasteiger partial charge < -0.3 is 20.7 Å². The number of rotatable bonds is 11. The molecule has 0 aliphatic heterocycles. The van der Waals surface area contributed by atoms with Crippen LogP contribution in [0.15, 0.2) is 0 Å². The molecule has 5 nitrogen and oxygen atoms in total. The fourth-order valence-electron chi connectivity index (χ4n) is 2.06. The highest BCUT2D eigenvalue weighted by atomic mass is 16.5. The molecule has 20 heavy (non-hydrogen) atoms. The zero-order chi connectivity index (χ0) is 15.8. The molecule has 2 unspecified atom stereocenters. The SMILES string of the molecule is CCCNC(C)(CC(C)N(C)CCOC(C)C)C(N)=O. The Balaban J connectivity index is 4.36. The van der Waals surface area contributed by atoms with Crippen molar-refractivity contribution in [3.63, 3.8) is 0 Å². The van der Waals surface area contributed by atoms with E-state index >= 15 is 0 Å². The molecule has 0 spiro atoms. The predicted molar refractivity (Wildman–Crippen MR) is 83.7 cm³/mol. The summed E-state index contributed by atoms with van der Waals surface area (Å²) in [5.41, 5.74) is 4.91. The molecular formula is C15H33N3O2. The lowest BCUT2D eigenvalue weighted by molar-refractivity contribution is -0.124. The van der Waals surface area contributed by atoms with Crippen LogP contribution in [0.5, 0.6) is 0 Å². The van der Waals surface area contributed by atoms with E-state index in [1.54, 1.807) is 0 Å². The van der Waals surface area contributed by atoms with Gasteiger partial charge >= 0.3 is 0 Å². The monoisotopic (exact) mass is 287 g/mol.